The molecule has 1 aromatic heterocycles. The van der Waals surface area contributed by atoms with E-state index in [4.69, 9.17) is 0 Å². The Hall–Kier alpha value is -0.630. The summed E-state index contributed by atoms with van der Waals surface area (Å²) in [5, 5.41) is 3.33. The van der Waals surface area contributed by atoms with Crippen LogP contribution < -0.4 is 15.8 Å². The lowest BCUT2D eigenvalue weighted by molar-refractivity contribution is 0.350. The van der Waals surface area contributed by atoms with Crippen molar-refractivity contribution in [3.63, 3.8) is 0 Å². The summed E-state index contributed by atoms with van der Waals surface area (Å²) in [6, 6.07) is 1.12. The van der Waals surface area contributed by atoms with Crippen molar-refractivity contribution >= 4 is 28.4 Å². The average molecular weight is 362 g/mol. The fraction of sp³-hybridized carbons (Fsp3) is 0.667. The Morgan fingerprint density at radius 3 is 2.72 bits per heavy atom. The summed E-state index contributed by atoms with van der Waals surface area (Å²) in [5.41, 5.74) is -0.0589. The smallest absolute Gasteiger partial charge is 0.266 e. The third-order valence-electron chi connectivity index (χ3n) is 3.76. The minimum Gasteiger partial charge on any atom is -0.356 e. The van der Waals surface area contributed by atoms with Crippen LogP contribution in [0.25, 0.3) is 0 Å². The SMILES string of the molecule is CNC1CCC(N(C)c2nc[nH]c(=O)c2I)CC1. The van der Waals surface area contributed by atoms with Crippen LogP contribution in [0.4, 0.5) is 5.82 Å². The predicted molar refractivity (Wildman–Crippen MR) is 81.1 cm³/mol. The fourth-order valence-corrected chi connectivity index (χ4v) is 3.22. The molecule has 0 saturated heterocycles. The summed E-state index contributed by atoms with van der Waals surface area (Å²) < 4.78 is 0.674. The Balaban J connectivity index is 2.10. The normalized spacial score (nSPS) is 23.9. The van der Waals surface area contributed by atoms with Crippen LogP contribution in [0.3, 0.4) is 0 Å². The minimum absolute atomic E-state index is 0.0589. The largest absolute Gasteiger partial charge is 0.356 e. The highest BCUT2D eigenvalue weighted by atomic mass is 127. The average Bonchev–Trinajstić information content (AvgIpc) is 2.41. The van der Waals surface area contributed by atoms with Crippen molar-refractivity contribution in [2.75, 3.05) is 19.0 Å². The van der Waals surface area contributed by atoms with Crippen LogP contribution >= 0.6 is 22.6 Å². The van der Waals surface area contributed by atoms with Crippen molar-refractivity contribution in [1.29, 1.82) is 0 Å². The fourth-order valence-electron chi connectivity index (χ4n) is 2.54. The van der Waals surface area contributed by atoms with E-state index in [0.717, 1.165) is 18.7 Å². The monoisotopic (exact) mass is 362 g/mol. The molecule has 2 N–H and O–H groups in total. The highest BCUT2D eigenvalue weighted by Crippen LogP contribution is 2.26. The van der Waals surface area contributed by atoms with Gasteiger partial charge < -0.3 is 15.2 Å². The van der Waals surface area contributed by atoms with Gasteiger partial charge in [0.15, 0.2) is 0 Å². The van der Waals surface area contributed by atoms with Gasteiger partial charge in [-0.05, 0) is 55.3 Å². The van der Waals surface area contributed by atoms with Crippen LogP contribution in [0.5, 0.6) is 0 Å². The lowest BCUT2D eigenvalue weighted by Crippen LogP contribution is -2.41. The number of hydrogen-bond donors (Lipinski definition) is 2. The van der Waals surface area contributed by atoms with Crippen LogP contribution in [-0.2, 0) is 0 Å². The first kappa shape index (κ1) is 13.8. The molecule has 100 valence electrons. The number of rotatable bonds is 3. The molecule has 5 nitrogen and oxygen atoms in total. The van der Waals surface area contributed by atoms with Gasteiger partial charge in [-0.3, -0.25) is 4.79 Å². The Bertz CT molecular complexity index is 454. The quantitative estimate of drug-likeness (QED) is 0.797. The second-order valence-electron chi connectivity index (χ2n) is 4.77. The molecule has 1 aliphatic rings. The second kappa shape index (κ2) is 6.01. The summed E-state index contributed by atoms with van der Waals surface area (Å²) >= 11 is 2.07. The molecule has 0 radical (unpaired) electrons. The van der Waals surface area contributed by atoms with Crippen molar-refractivity contribution in [1.82, 2.24) is 15.3 Å². The van der Waals surface area contributed by atoms with E-state index < -0.39 is 0 Å². The summed E-state index contributed by atoms with van der Waals surface area (Å²) in [6.45, 7) is 0. The van der Waals surface area contributed by atoms with Gasteiger partial charge in [0.1, 0.15) is 9.39 Å². The zero-order valence-electron chi connectivity index (χ0n) is 10.7. The highest BCUT2D eigenvalue weighted by Gasteiger charge is 2.25. The molecule has 18 heavy (non-hydrogen) atoms. The van der Waals surface area contributed by atoms with E-state index in [1.54, 1.807) is 0 Å². The summed E-state index contributed by atoms with van der Waals surface area (Å²) in [5.74, 6) is 0.798. The maximum absolute atomic E-state index is 11.6. The minimum atomic E-state index is -0.0589. The number of H-pyrrole nitrogens is 1. The molecule has 0 amide bonds. The van der Waals surface area contributed by atoms with E-state index in [-0.39, 0.29) is 5.56 Å². The molecule has 1 fully saturated rings. The van der Waals surface area contributed by atoms with E-state index >= 15 is 0 Å². The van der Waals surface area contributed by atoms with Crippen LogP contribution in [0.1, 0.15) is 25.7 Å². The third kappa shape index (κ3) is 2.85. The molecular weight excluding hydrogens is 343 g/mol. The molecule has 1 aliphatic carbocycles. The molecule has 0 atom stereocenters. The lowest BCUT2D eigenvalue weighted by atomic mass is 9.90. The maximum Gasteiger partial charge on any atom is 0.266 e. The standard InChI is InChI=1S/C12H19IN4O/c1-14-8-3-5-9(6-4-8)17(2)11-10(13)12(18)16-7-15-11/h7-9,14H,3-6H2,1-2H3,(H,15,16,18). The van der Waals surface area contributed by atoms with Crippen molar-refractivity contribution in [3.05, 3.63) is 20.3 Å². The summed E-state index contributed by atoms with van der Waals surface area (Å²) in [6.07, 6.45) is 6.14. The summed E-state index contributed by atoms with van der Waals surface area (Å²) in [4.78, 5) is 20.6. The first-order chi connectivity index (χ1) is 8.63. The van der Waals surface area contributed by atoms with Crippen molar-refractivity contribution in [2.45, 2.75) is 37.8 Å². The van der Waals surface area contributed by atoms with Gasteiger partial charge in [0.2, 0.25) is 0 Å². The number of nitrogens with zero attached hydrogens (tertiary/aromatic N) is 2. The zero-order valence-corrected chi connectivity index (χ0v) is 12.9. The van der Waals surface area contributed by atoms with Gasteiger partial charge in [-0.15, -0.1) is 0 Å². The number of hydrogen-bond acceptors (Lipinski definition) is 4. The van der Waals surface area contributed by atoms with Gasteiger partial charge in [0.05, 0.1) is 6.33 Å². The Morgan fingerprint density at radius 1 is 1.44 bits per heavy atom. The lowest BCUT2D eigenvalue weighted by Gasteiger charge is -2.35. The van der Waals surface area contributed by atoms with Gasteiger partial charge in [-0.25, -0.2) is 4.98 Å². The van der Waals surface area contributed by atoms with Gasteiger partial charge >= 0.3 is 0 Å². The molecule has 0 aliphatic heterocycles. The molecule has 1 aromatic rings. The van der Waals surface area contributed by atoms with Crippen LogP contribution in [0.15, 0.2) is 11.1 Å². The van der Waals surface area contributed by atoms with Crippen LogP contribution in [0.2, 0.25) is 0 Å². The van der Waals surface area contributed by atoms with Crippen molar-refractivity contribution in [3.8, 4) is 0 Å². The van der Waals surface area contributed by atoms with Gasteiger partial charge in [0, 0.05) is 19.1 Å². The van der Waals surface area contributed by atoms with Gasteiger partial charge in [0.25, 0.3) is 5.56 Å². The third-order valence-corrected chi connectivity index (χ3v) is 4.74. The maximum atomic E-state index is 11.6. The molecule has 6 heteroatoms. The molecule has 0 unspecified atom stereocenters. The van der Waals surface area contributed by atoms with Gasteiger partial charge in [-0.1, -0.05) is 0 Å². The van der Waals surface area contributed by atoms with E-state index in [1.807, 2.05) is 14.1 Å². The zero-order chi connectivity index (χ0) is 13.1. The predicted octanol–water partition coefficient (Wildman–Crippen LogP) is 1.34. The first-order valence-electron chi connectivity index (χ1n) is 6.26. The number of aromatic amines is 1. The number of nitrogens with one attached hydrogen (secondary N) is 2. The summed E-state index contributed by atoms with van der Waals surface area (Å²) in [7, 11) is 4.06. The topological polar surface area (TPSA) is 61.0 Å². The van der Waals surface area contributed by atoms with Gasteiger partial charge in [-0.2, -0.15) is 0 Å². The highest BCUT2D eigenvalue weighted by molar-refractivity contribution is 14.1. The van der Waals surface area contributed by atoms with E-state index in [9.17, 15) is 4.79 Å². The van der Waals surface area contributed by atoms with Crippen molar-refractivity contribution in [2.24, 2.45) is 0 Å². The number of anilines is 1. The molecule has 2 rings (SSSR count). The number of aromatic nitrogens is 2. The second-order valence-corrected chi connectivity index (χ2v) is 5.85. The van der Waals surface area contributed by atoms with Crippen LogP contribution in [0, 0.1) is 3.57 Å². The molecule has 0 aromatic carbocycles. The van der Waals surface area contributed by atoms with Crippen LogP contribution in [-0.4, -0.2) is 36.1 Å². The molecule has 1 saturated carbocycles. The number of halogens is 1. The molecule has 0 spiro atoms. The van der Waals surface area contributed by atoms with E-state index in [0.29, 0.717) is 15.7 Å². The molecule has 1 heterocycles. The molecule has 0 bridgehead atoms. The first-order valence-corrected chi connectivity index (χ1v) is 7.34. The molecular formula is C12H19IN4O. The van der Waals surface area contributed by atoms with E-state index in [2.05, 4.69) is 42.8 Å². The van der Waals surface area contributed by atoms with Crippen molar-refractivity contribution < 1.29 is 0 Å². The Morgan fingerprint density at radius 2 is 2.11 bits per heavy atom. The Labute approximate surface area is 121 Å². The Kier molecular flexibility index (Phi) is 4.60. The van der Waals surface area contributed by atoms with E-state index in [1.165, 1.54) is 19.2 Å².